The summed E-state index contributed by atoms with van der Waals surface area (Å²) in [5.74, 6) is -0.0445. The van der Waals surface area contributed by atoms with E-state index in [1.807, 2.05) is 0 Å². The molecule has 0 aromatic carbocycles. The van der Waals surface area contributed by atoms with Crippen molar-refractivity contribution in [3.63, 3.8) is 0 Å². The van der Waals surface area contributed by atoms with Crippen LogP contribution in [0.5, 0.6) is 0 Å². The first-order valence-electron chi connectivity index (χ1n) is 22.9. The summed E-state index contributed by atoms with van der Waals surface area (Å²) in [5.41, 5.74) is 0. The van der Waals surface area contributed by atoms with E-state index in [9.17, 15) is 14.4 Å². The molecule has 0 radical (unpaired) electrons. The Hall–Kier alpha value is -1.59. The topological polar surface area (TPSA) is 78.9 Å². The van der Waals surface area contributed by atoms with Gasteiger partial charge in [-0.05, 0) is 25.2 Å². The van der Waals surface area contributed by atoms with E-state index >= 15 is 0 Å². The van der Waals surface area contributed by atoms with Gasteiger partial charge in [0.15, 0.2) is 6.10 Å². The molecule has 0 fully saturated rings. The molecular formula is C46H88O6. The number of carbonyl (C=O) groups excluding carboxylic acids is 3. The van der Waals surface area contributed by atoms with Crippen molar-refractivity contribution in [3.8, 4) is 0 Å². The first kappa shape index (κ1) is 50.4. The summed E-state index contributed by atoms with van der Waals surface area (Å²) in [6, 6.07) is 0. The lowest BCUT2D eigenvalue weighted by atomic mass is 10.00. The third-order valence-corrected chi connectivity index (χ3v) is 10.7. The van der Waals surface area contributed by atoms with E-state index in [4.69, 9.17) is 14.2 Å². The van der Waals surface area contributed by atoms with Gasteiger partial charge in [0.2, 0.25) is 0 Å². The van der Waals surface area contributed by atoms with Crippen LogP contribution in [0.2, 0.25) is 0 Å². The van der Waals surface area contributed by atoms with Crippen molar-refractivity contribution in [2.75, 3.05) is 13.2 Å². The average Bonchev–Trinajstić information content (AvgIpc) is 3.14. The molecule has 1 unspecified atom stereocenters. The molecule has 0 N–H and O–H groups in total. The molecule has 6 heteroatoms. The van der Waals surface area contributed by atoms with Gasteiger partial charge < -0.3 is 14.2 Å². The second-order valence-corrected chi connectivity index (χ2v) is 15.9. The number of hydrogen-bond acceptors (Lipinski definition) is 6. The minimum atomic E-state index is -0.759. The normalized spacial score (nSPS) is 12.5. The van der Waals surface area contributed by atoms with E-state index < -0.39 is 6.10 Å². The summed E-state index contributed by atoms with van der Waals surface area (Å²) in [7, 11) is 0. The van der Waals surface area contributed by atoms with Gasteiger partial charge in [0, 0.05) is 19.3 Å². The summed E-state index contributed by atoms with van der Waals surface area (Å²) in [6.07, 6.45) is 39.5. The van der Waals surface area contributed by atoms with Crippen LogP contribution >= 0.6 is 0 Å². The zero-order valence-corrected chi connectivity index (χ0v) is 35.3. The van der Waals surface area contributed by atoms with Crippen LogP contribution in [-0.2, 0) is 28.6 Å². The lowest BCUT2D eigenvalue weighted by Crippen LogP contribution is -2.30. The fourth-order valence-electron chi connectivity index (χ4n) is 6.77. The van der Waals surface area contributed by atoms with E-state index in [1.165, 1.54) is 148 Å². The monoisotopic (exact) mass is 737 g/mol. The van der Waals surface area contributed by atoms with E-state index in [0.29, 0.717) is 19.3 Å². The Morgan fingerprint density at radius 3 is 1.00 bits per heavy atom. The molecule has 308 valence electrons. The lowest BCUT2D eigenvalue weighted by molar-refractivity contribution is -0.167. The third-order valence-electron chi connectivity index (χ3n) is 10.7. The maximum absolute atomic E-state index is 12.6. The van der Waals surface area contributed by atoms with Crippen molar-refractivity contribution in [2.45, 2.75) is 259 Å². The summed E-state index contributed by atoms with van der Waals surface area (Å²) in [5, 5.41) is 0. The van der Waals surface area contributed by atoms with Crippen LogP contribution in [-0.4, -0.2) is 37.2 Å². The molecule has 0 rings (SSSR count). The predicted molar refractivity (Wildman–Crippen MR) is 220 cm³/mol. The molecule has 0 aliphatic rings. The molecule has 52 heavy (non-hydrogen) atoms. The number of unbranched alkanes of at least 4 members (excludes halogenated alkanes) is 27. The van der Waals surface area contributed by atoms with E-state index in [1.54, 1.807) is 0 Å². The van der Waals surface area contributed by atoms with Gasteiger partial charge in [-0.1, -0.05) is 214 Å². The Bertz CT molecular complexity index is 783. The average molecular weight is 737 g/mol. The number of hydrogen-bond donors (Lipinski definition) is 0. The first-order chi connectivity index (χ1) is 25.4. The Labute approximate surface area is 323 Å². The zero-order valence-electron chi connectivity index (χ0n) is 35.3. The zero-order chi connectivity index (χ0) is 38.2. The maximum atomic E-state index is 12.6. The second kappa shape index (κ2) is 40.6. The van der Waals surface area contributed by atoms with Crippen LogP contribution in [0.15, 0.2) is 0 Å². The summed E-state index contributed by atoms with van der Waals surface area (Å²) in [4.78, 5) is 37.6. The fraction of sp³-hybridized carbons (Fsp3) is 0.935. The minimum Gasteiger partial charge on any atom is -0.462 e. The quantitative estimate of drug-likeness (QED) is 0.0353. The molecule has 0 aromatic heterocycles. The van der Waals surface area contributed by atoms with Gasteiger partial charge in [-0.25, -0.2) is 0 Å². The van der Waals surface area contributed by atoms with Crippen LogP contribution in [0.3, 0.4) is 0 Å². The van der Waals surface area contributed by atoms with E-state index in [0.717, 1.165) is 63.7 Å². The van der Waals surface area contributed by atoms with Gasteiger partial charge in [0.1, 0.15) is 13.2 Å². The van der Waals surface area contributed by atoms with Gasteiger partial charge in [-0.15, -0.1) is 0 Å². The summed E-state index contributed by atoms with van der Waals surface area (Å²) >= 11 is 0. The van der Waals surface area contributed by atoms with Crippen LogP contribution in [0.25, 0.3) is 0 Å². The van der Waals surface area contributed by atoms with Crippen molar-refractivity contribution < 1.29 is 28.6 Å². The number of carbonyl (C=O) groups is 3. The van der Waals surface area contributed by atoms with E-state index in [-0.39, 0.29) is 31.1 Å². The molecule has 0 aliphatic carbocycles. The Morgan fingerprint density at radius 1 is 0.385 bits per heavy atom. The summed E-state index contributed by atoms with van der Waals surface area (Å²) < 4.78 is 16.7. The molecule has 0 amide bonds. The van der Waals surface area contributed by atoms with Crippen LogP contribution in [0, 0.1) is 5.92 Å². The molecule has 0 aromatic rings. The van der Waals surface area contributed by atoms with Crippen LogP contribution in [0.1, 0.15) is 252 Å². The smallest absolute Gasteiger partial charge is 0.306 e. The third kappa shape index (κ3) is 38.1. The maximum Gasteiger partial charge on any atom is 0.306 e. The van der Waals surface area contributed by atoms with Gasteiger partial charge >= 0.3 is 17.9 Å². The highest BCUT2D eigenvalue weighted by Crippen LogP contribution is 2.17. The summed E-state index contributed by atoms with van der Waals surface area (Å²) in [6.45, 7) is 8.95. The van der Waals surface area contributed by atoms with E-state index in [2.05, 4.69) is 27.7 Å². The van der Waals surface area contributed by atoms with Gasteiger partial charge in [0.05, 0.1) is 0 Å². The standard InChI is InChI=1S/C46H88O6/c1-5-8-10-12-14-16-17-18-19-20-21-23-24-29-33-37-44(47)50-40-43(52-46(49)39-35-31-25-22-15-13-11-9-6-2)41-51-45(48)38-34-30-27-26-28-32-36-42(4)7-3/h42-43H,5-41H2,1-4H3/t42?,43-/m1/s1. The van der Waals surface area contributed by atoms with Gasteiger partial charge in [-0.3, -0.25) is 14.4 Å². The molecule has 0 heterocycles. The molecule has 0 saturated heterocycles. The van der Waals surface area contributed by atoms with Gasteiger partial charge in [0.25, 0.3) is 0 Å². The SMILES string of the molecule is CCCCCCCCCCCCCCCCCC(=O)OC[C@H](COC(=O)CCCCCCCCC(C)CC)OC(=O)CCCCCCCCCCC. The highest BCUT2D eigenvalue weighted by atomic mass is 16.6. The van der Waals surface area contributed by atoms with Crippen molar-refractivity contribution >= 4 is 17.9 Å². The Morgan fingerprint density at radius 2 is 0.673 bits per heavy atom. The molecule has 2 atom stereocenters. The minimum absolute atomic E-state index is 0.0645. The van der Waals surface area contributed by atoms with Crippen LogP contribution in [0.4, 0.5) is 0 Å². The Kier molecular flexibility index (Phi) is 39.4. The van der Waals surface area contributed by atoms with Crippen molar-refractivity contribution in [3.05, 3.63) is 0 Å². The molecule has 0 spiro atoms. The van der Waals surface area contributed by atoms with Gasteiger partial charge in [-0.2, -0.15) is 0 Å². The highest BCUT2D eigenvalue weighted by Gasteiger charge is 2.19. The molecule has 6 nitrogen and oxygen atoms in total. The molecule has 0 aliphatic heterocycles. The highest BCUT2D eigenvalue weighted by molar-refractivity contribution is 5.71. The van der Waals surface area contributed by atoms with Crippen molar-refractivity contribution in [1.82, 2.24) is 0 Å². The molecular weight excluding hydrogens is 648 g/mol. The van der Waals surface area contributed by atoms with Crippen molar-refractivity contribution in [1.29, 1.82) is 0 Å². The lowest BCUT2D eigenvalue weighted by Gasteiger charge is -2.18. The number of esters is 3. The second-order valence-electron chi connectivity index (χ2n) is 15.9. The largest absolute Gasteiger partial charge is 0.462 e. The first-order valence-corrected chi connectivity index (χ1v) is 22.9. The fourth-order valence-corrected chi connectivity index (χ4v) is 6.77. The van der Waals surface area contributed by atoms with Crippen LogP contribution < -0.4 is 0 Å². The Balaban J connectivity index is 4.28. The number of rotatable bonds is 41. The van der Waals surface area contributed by atoms with Crippen molar-refractivity contribution in [2.24, 2.45) is 5.92 Å². The molecule has 0 bridgehead atoms. The number of ether oxygens (including phenoxy) is 3. The molecule has 0 saturated carbocycles. The predicted octanol–water partition coefficient (Wildman–Crippen LogP) is 14.3.